The van der Waals surface area contributed by atoms with Crippen LogP contribution in [0.4, 0.5) is 26.7 Å². The van der Waals surface area contributed by atoms with Crippen LogP contribution < -0.4 is 14.8 Å². The number of hydrogen-bond acceptors (Lipinski definition) is 6. The van der Waals surface area contributed by atoms with Crippen molar-refractivity contribution in [1.82, 2.24) is 10.2 Å². The highest BCUT2D eigenvalue weighted by atomic mass is 19.4. The fourth-order valence-electron chi connectivity index (χ4n) is 2.77. The number of benzene rings is 2. The van der Waals surface area contributed by atoms with E-state index in [0.717, 1.165) is 13.1 Å². The summed E-state index contributed by atoms with van der Waals surface area (Å²) in [5, 5.41) is 10.2. The molecule has 2 aromatic carbocycles. The van der Waals surface area contributed by atoms with Crippen LogP contribution in [-0.4, -0.2) is 72.2 Å². The summed E-state index contributed by atoms with van der Waals surface area (Å²) < 4.78 is 74.1. The van der Waals surface area contributed by atoms with Crippen LogP contribution in [0.1, 0.15) is 20.8 Å². The molecule has 0 atom stereocenters. The monoisotopic (exact) mass is 548 g/mol. The number of rotatable bonds is 4. The van der Waals surface area contributed by atoms with Crippen molar-refractivity contribution in [3.8, 4) is 11.5 Å². The molecule has 2 aliphatic rings. The summed E-state index contributed by atoms with van der Waals surface area (Å²) in [5.41, 5.74) is -0.505. The van der Waals surface area contributed by atoms with Crippen LogP contribution in [0.3, 0.4) is 0 Å². The highest BCUT2D eigenvalue weighted by Gasteiger charge is 2.38. The van der Waals surface area contributed by atoms with Gasteiger partial charge in [-0.15, -0.1) is 0 Å². The molecule has 2 heterocycles. The van der Waals surface area contributed by atoms with E-state index < -0.39 is 23.6 Å². The molecule has 210 valence electrons. The van der Waals surface area contributed by atoms with Gasteiger partial charge in [0.25, 0.3) is 0 Å². The zero-order valence-electron chi connectivity index (χ0n) is 20.9. The molecule has 2 N–H and O–H groups in total. The minimum atomic E-state index is -5.08. The minimum Gasteiger partial charge on any atom is -0.485 e. The second kappa shape index (κ2) is 13.3. The number of carbonyl (C=O) groups excluding carboxylic acids is 1. The first-order chi connectivity index (χ1) is 17.7. The molecule has 0 aromatic heterocycles. The van der Waals surface area contributed by atoms with Crippen LogP contribution in [0.25, 0.3) is 0 Å². The van der Waals surface area contributed by atoms with E-state index in [0.29, 0.717) is 18.8 Å². The van der Waals surface area contributed by atoms with Crippen molar-refractivity contribution >= 4 is 12.1 Å². The molecule has 2 fully saturated rings. The lowest BCUT2D eigenvalue weighted by atomic mass is 10.1. The van der Waals surface area contributed by atoms with E-state index in [4.69, 9.17) is 24.1 Å². The van der Waals surface area contributed by atoms with Gasteiger partial charge < -0.3 is 29.5 Å². The van der Waals surface area contributed by atoms with E-state index >= 15 is 0 Å². The van der Waals surface area contributed by atoms with Crippen LogP contribution >= 0.6 is 0 Å². The third-order valence-corrected chi connectivity index (χ3v) is 4.75. The molecule has 1 amide bonds. The maximum absolute atomic E-state index is 13.4. The fourth-order valence-corrected chi connectivity index (χ4v) is 2.77. The Kier molecular flexibility index (Phi) is 10.7. The number of carboxylic acid groups (broad SMARTS) is 1. The molecule has 8 nitrogen and oxygen atoms in total. The van der Waals surface area contributed by atoms with Crippen molar-refractivity contribution in [2.45, 2.75) is 44.8 Å². The Morgan fingerprint density at radius 3 is 1.63 bits per heavy atom. The van der Waals surface area contributed by atoms with Crippen LogP contribution in [0.2, 0.25) is 0 Å². The number of nitrogens with zero attached hydrogens (tertiary/aromatic N) is 1. The number of nitrogens with one attached hydrogen (secondary N) is 1. The second-order valence-corrected chi connectivity index (χ2v) is 9.19. The number of ether oxygens (including phenoxy) is 3. The number of amides is 1. The predicted molar refractivity (Wildman–Crippen MR) is 126 cm³/mol. The number of hydrogen-bond donors (Lipinski definition) is 2. The second-order valence-electron chi connectivity index (χ2n) is 9.19. The number of halogens is 5. The number of carboxylic acids is 1. The lowest BCUT2D eigenvalue weighted by molar-refractivity contribution is -0.192. The Hall–Kier alpha value is -3.61. The van der Waals surface area contributed by atoms with Gasteiger partial charge in [0.15, 0.2) is 23.1 Å². The van der Waals surface area contributed by atoms with E-state index in [9.17, 15) is 26.7 Å². The Balaban J connectivity index is 0.000000227. The van der Waals surface area contributed by atoms with Crippen LogP contribution in [0.5, 0.6) is 11.5 Å². The first kappa shape index (κ1) is 30.6. The average molecular weight is 549 g/mol. The Morgan fingerprint density at radius 2 is 1.29 bits per heavy atom. The highest BCUT2D eigenvalue weighted by Crippen LogP contribution is 2.22. The number of aliphatic carboxylic acids is 1. The van der Waals surface area contributed by atoms with Crippen molar-refractivity contribution in [2.75, 3.05) is 26.2 Å². The van der Waals surface area contributed by atoms with Gasteiger partial charge in [-0.05, 0) is 45.0 Å². The fraction of sp³-hybridized carbons (Fsp3) is 0.440. The summed E-state index contributed by atoms with van der Waals surface area (Å²) in [6.07, 6.45) is -5.48. The molecule has 0 unspecified atom stereocenters. The SMILES string of the molecule is CC(C)(C)OC(=O)N1CC(Oc2ccccc2F)C1.Fc1ccccc1OC1CNC1.O=C(O)C(F)(F)F. The third-order valence-electron chi connectivity index (χ3n) is 4.75. The molecule has 0 saturated carbocycles. The van der Waals surface area contributed by atoms with Gasteiger partial charge in [-0.2, -0.15) is 13.2 Å². The number of para-hydroxylation sites is 2. The van der Waals surface area contributed by atoms with E-state index in [-0.39, 0.29) is 29.9 Å². The molecule has 0 spiro atoms. The first-order valence-corrected chi connectivity index (χ1v) is 11.5. The summed E-state index contributed by atoms with van der Waals surface area (Å²) in [7, 11) is 0. The standard InChI is InChI=1S/C14H18FNO3.C9H10FNO.C2HF3O2/c1-14(2,3)19-13(17)16-8-10(9-16)18-12-7-5-4-6-11(12)15;10-8-3-1-2-4-9(8)12-7-5-11-6-7;3-2(4,5)1(6)7/h4-7,10H,8-9H2,1-3H3;1-4,7,11H,5-6H2;(H,6,7). The highest BCUT2D eigenvalue weighted by molar-refractivity contribution is 5.73. The van der Waals surface area contributed by atoms with Crippen LogP contribution in [-0.2, 0) is 9.53 Å². The molecule has 0 bridgehead atoms. The van der Waals surface area contributed by atoms with E-state index in [1.54, 1.807) is 36.4 Å². The molecule has 0 aliphatic carbocycles. The maximum Gasteiger partial charge on any atom is 0.490 e. The van der Waals surface area contributed by atoms with E-state index in [1.165, 1.54) is 17.0 Å². The van der Waals surface area contributed by atoms with E-state index in [2.05, 4.69) is 5.32 Å². The zero-order valence-corrected chi connectivity index (χ0v) is 20.9. The molecule has 2 saturated heterocycles. The predicted octanol–water partition coefficient (Wildman–Crippen LogP) is 4.63. The molecule has 4 rings (SSSR count). The Morgan fingerprint density at radius 1 is 0.868 bits per heavy atom. The topological polar surface area (TPSA) is 97.3 Å². The van der Waals surface area contributed by atoms with Crippen molar-refractivity contribution in [2.24, 2.45) is 0 Å². The summed E-state index contributed by atoms with van der Waals surface area (Å²) in [6, 6.07) is 12.7. The Bertz CT molecular complexity index is 1070. The van der Waals surface area contributed by atoms with Crippen molar-refractivity contribution in [3.05, 3.63) is 60.2 Å². The molecule has 13 heteroatoms. The average Bonchev–Trinajstić information content (AvgIpc) is 2.74. The summed E-state index contributed by atoms with van der Waals surface area (Å²) in [6.45, 7) is 7.92. The number of likely N-dealkylation sites (tertiary alicyclic amines) is 1. The summed E-state index contributed by atoms with van der Waals surface area (Å²) in [4.78, 5) is 22.1. The quantitative estimate of drug-likeness (QED) is 0.538. The number of alkyl halides is 3. The van der Waals surface area contributed by atoms with Crippen molar-refractivity contribution < 1.29 is 50.9 Å². The zero-order chi connectivity index (χ0) is 28.5. The smallest absolute Gasteiger partial charge is 0.485 e. The van der Waals surface area contributed by atoms with Gasteiger partial charge in [-0.25, -0.2) is 18.4 Å². The van der Waals surface area contributed by atoms with Crippen molar-refractivity contribution in [1.29, 1.82) is 0 Å². The molecule has 38 heavy (non-hydrogen) atoms. The largest absolute Gasteiger partial charge is 0.490 e. The molecule has 0 radical (unpaired) electrons. The van der Waals surface area contributed by atoms with Gasteiger partial charge >= 0.3 is 18.2 Å². The minimum absolute atomic E-state index is 0.141. The maximum atomic E-state index is 13.4. The molecule has 2 aromatic rings. The van der Waals surface area contributed by atoms with Gasteiger partial charge in [-0.3, -0.25) is 0 Å². The van der Waals surface area contributed by atoms with Gasteiger partial charge in [0.2, 0.25) is 0 Å². The molecular formula is C25H29F5N2O6. The van der Waals surface area contributed by atoms with Gasteiger partial charge in [0.1, 0.15) is 17.8 Å². The van der Waals surface area contributed by atoms with Crippen molar-refractivity contribution in [3.63, 3.8) is 0 Å². The van der Waals surface area contributed by atoms with Gasteiger partial charge in [0.05, 0.1) is 13.1 Å². The third kappa shape index (κ3) is 10.4. The van der Waals surface area contributed by atoms with Gasteiger partial charge in [-0.1, -0.05) is 24.3 Å². The summed E-state index contributed by atoms with van der Waals surface area (Å²) in [5.74, 6) is -2.87. The Labute approximate surface area is 216 Å². The normalized spacial score (nSPS) is 15.4. The first-order valence-electron chi connectivity index (χ1n) is 11.5. The van der Waals surface area contributed by atoms with Crippen LogP contribution in [0.15, 0.2) is 48.5 Å². The lowest BCUT2D eigenvalue weighted by Crippen LogP contribution is -2.57. The lowest BCUT2D eigenvalue weighted by Gasteiger charge is -2.39. The molecule has 2 aliphatic heterocycles. The number of carbonyl (C=O) groups is 2. The van der Waals surface area contributed by atoms with Crippen LogP contribution in [0, 0.1) is 11.6 Å². The van der Waals surface area contributed by atoms with E-state index in [1.807, 2.05) is 20.8 Å². The van der Waals surface area contributed by atoms with Gasteiger partial charge in [0, 0.05) is 13.1 Å². The molecular weight excluding hydrogens is 519 g/mol. The summed E-state index contributed by atoms with van der Waals surface area (Å²) >= 11 is 0.